The second-order valence-corrected chi connectivity index (χ2v) is 6.92. The van der Waals surface area contributed by atoms with E-state index >= 15 is 0 Å². The molecule has 4 aromatic rings. The maximum absolute atomic E-state index is 12.3. The number of nitrogens with zero attached hydrogens (tertiary/aromatic N) is 5. The Morgan fingerprint density at radius 2 is 1.93 bits per heavy atom. The van der Waals surface area contributed by atoms with Crippen LogP contribution >= 0.6 is 11.8 Å². The summed E-state index contributed by atoms with van der Waals surface area (Å²) in [5.41, 5.74) is 2.75. The fourth-order valence-corrected chi connectivity index (χ4v) is 3.55. The Bertz CT molecular complexity index is 1210. The highest BCUT2D eigenvalue weighted by atomic mass is 32.2. The molecular formula is C18H14N6O3S. The van der Waals surface area contributed by atoms with Gasteiger partial charge in [0.05, 0.1) is 21.7 Å². The summed E-state index contributed by atoms with van der Waals surface area (Å²) in [6, 6.07) is 13.3. The highest BCUT2D eigenvalue weighted by molar-refractivity contribution is 8.00. The Kier molecular flexibility index (Phi) is 4.62. The number of para-hydroxylation sites is 2. The van der Waals surface area contributed by atoms with Gasteiger partial charge >= 0.3 is 0 Å². The molecule has 0 spiro atoms. The predicted molar refractivity (Wildman–Crippen MR) is 105 cm³/mol. The fourth-order valence-electron chi connectivity index (χ4n) is 2.79. The Balaban J connectivity index is 1.53. The number of aromatic nitrogens is 4. The molecule has 0 aliphatic carbocycles. The molecule has 1 N–H and O–H groups in total. The zero-order chi connectivity index (χ0) is 19.7. The lowest BCUT2D eigenvalue weighted by Crippen LogP contribution is -2.14. The van der Waals surface area contributed by atoms with Crippen LogP contribution in [0, 0.1) is 17.0 Å². The number of rotatable bonds is 5. The number of benzene rings is 2. The summed E-state index contributed by atoms with van der Waals surface area (Å²) in [5, 5.41) is 22.3. The SMILES string of the molecule is Cc1nnc2c(SCC(=O)Nc3ccc([N+](=O)[O-])cc3)nc3ccccc3n12. The third-order valence-electron chi connectivity index (χ3n) is 4.06. The predicted octanol–water partition coefficient (Wildman–Crippen LogP) is 3.22. The zero-order valence-electron chi connectivity index (χ0n) is 14.7. The summed E-state index contributed by atoms with van der Waals surface area (Å²) >= 11 is 1.26. The van der Waals surface area contributed by atoms with Gasteiger partial charge in [-0.3, -0.25) is 19.3 Å². The largest absolute Gasteiger partial charge is 0.325 e. The lowest BCUT2D eigenvalue weighted by Gasteiger charge is -2.08. The van der Waals surface area contributed by atoms with Crippen molar-refractivity contribution in [2.24, 2.45) is 0 Å². The minimum Gasteiger partial charge on any atom is -0.325 e. The molecule has 0 saturated heterocycles. The lowest BCUT2D eigenvalue weighted by molar-refractivity contribution is -0.384. The molecule has 0 saturated carbocycles. The number of aryl methyl sites for hydroxylation is 1. The van der Waals surface area contributed by atoms with Crippen LogP contribution in [0.2, 0.25) is 0 Å². The molecule has 2 heterocycles. The van der Waals surface area contributed by atoms with Crippen LogP contribution in [0.1, 0.15) is 5.82 Å². The van der Waals surface area contributed by atoms with E-state index in [4.69, 9.17) is 0 Å². The number of nitro groups is 1. The second-order valence-electron chi connectivity index (χ2n) is 5.95. The van der Waals surface area contributed by atoms with Crippen LogP contribution in [0.3, 0.4) is 0 Å². The smallest absolute Gasteiger partial charge is 0.269 e. The Hall–Kier alpha value is -3.53. The van der Waals surface area contributed by atoms with Crippen LogP contribution in [0.5, 0.6) is 0 Å². The summed E-state index contributed by atoms with van der Waals surface area (Å²) in [5.74, 6) is 0.609. The maximum Gasteiger partial charge on any atom is 0.269 e. The molecule has 2 aromatic heterocycles. The van der Waals surface area contributed by atoms with Crippen LogP contribution in [0.15, 0.2) is 53.6 Å². The van der Waals surface area contributed by atoms with Crippen molar-refractivity contribution in [2.75, 3.05) is 11.1 Å². The molecule has 0 fully saturated rings. The van der Waals surface area contributed by atoms with E-state index in [0.717, 1.165) is 16.9 Å². The second kappa shape index (κ2) is 7.24. The summed E-state index contributed by atoms with van der Waals surface area (Å²) < 4.78 is 1.92. The molecule has 2 aromatic carbocycles. The summed E-state index contributed by atoms with van der Waals surface area (Å²) in [4.78, 5) is 27.1. The van der Waals surface area contributed by atoms with Gasteiger partial charge in [0.15, 0.2) is 5.65 Å². The quantitative estimate of drug-likeness (QED) is 0.314. The number of hydrogen-bond donors (Lipinski definition) is 1. The molecule has 1 amide bonds. The van der Waals surface area contributed by atoms with Crippen molar-refractivity contribution < 1.29 is 9.72 Å². The van der Waals surface area contributed by atoms with Crippen molar-refractivity contribution in [3.05, 3.63) is 64.5 Å². The molecule has 28 heavy (non-hydrogen) atoms. The number of nitro benzene ring substituents is 1. The Morgan fingerprint density at radius 1 is 1.18 bits per heavy atom. The third kappa shape index (κ3) is 3.37. The van der Waals surface area contributed by atoms with Gasteiger partial charge in [0.1, 0.15) is 10.9 Å². The summed E-state index contributed by atoms with van der Waals surface area (Å²) in [6.07, 6.45) is 0. The van der Waals surface area contributed by atoms with Crippen molar-refractivity contribution in [2.45, 2.75) is 11.9 Å². The normalized spacial score (nSPS) is 11.0. The Morgan fingerprint density at radius 3 is 2.68 bits per heavy atom. The van der Waals surface area contributed by atoms with Gasteiger partial charge in [-0.2, -0.15) is 0 Å². The minimum atomic E-state index is -0.487. The van der Waals surface area contributed by atoms with Gasteiger partial charge < -0.3 is 5.32 Å². The van der Waals surface area contributed by atoms with Crippen molar-refractivity contribution >= 4 is 45.7 Å². The first kappa shape index (κ1) is 17.9. The van der Waals surface area contributed by atoms with Crippen molar-refractivity contribution in [3.63, 3.8) is 0 Å². The van der Waals surface area contributed by atoms with E-state index < -0.39 is 4.92 Å². The number of non-ortho nitro benzene ring substituents is 1. The summed E-state index contributed by atoms with van der Waals surface area (Å²) in [7, 11) is 0. The minimum absolute atomic E-state index is 0.0303. The number of fused-ring (bicyclic) bond motifs is 3. The number of nitrogens with one attached hydrogen (secondary N) is 1. The number of anilines is 1. The first-order chi connectivity index (χ1) is 13.5. The van der Waals surface area contributed by atoms with E-state index in [9.17, 15) is 14.9 Å². The molecule has 0 aliphatic heterocycles. The number of carbonyl (C=O) groups is 1. The highest BCUT2D eigenvalue weighted by Gasteiger charge is 2.15. The van der Waals surface area contributed by atoms with Crippen LogP contribution in [0.4, 0.5) is 11.4 Å². The molecule has 0 aliphatic rings. The molecule has 9 nitrogen and oxygen atoms in total. The molecule has 4 rings (SSSR count). The number of thioether (sulfide) groups is 1. The molecule has 0 radical (unpaired) electrons. The van der Waals surface area contributed by atoms with Crippen molar-refractivity contribution in [1.29, 1.82) is 0 Å². The maximum atomic E-state index is 12.3. The third-order valence-corrected chi connectivity index (χ3v) is 5.02. The van der Waals surface area contributed by atoms with Gasteiger partial charge in [-0.25, -0.2) is 4.98 Å². The van der Waals surface area contributed by atoms with E-state index in [0.29, 0.717) is 16.4 Å². The number of amides is 1. The van der Waals surface area contributed by atoms with Crippen LogP contribution in [-0.4, -0.2) is 36.2 Å². The average Bonchev–Trinajstić information content (AvgIpc) is 3.09. The highest BCUT2D eigenvalue weighted by Crippen LogP contribution is 2.25. The molecule has 0 unspecified atom stereocenters. The number of hydrogen-bond acceptors (Lipinski definition) is 7. The van der Waals surface area contributed by atoms with Gasteiger partial charge in [0.25, 0.3) is 5.69 Å². The molecule has 140 valence electrons. The first-order valence-corrected chi connectivity index (χ1v) is 9.29. The average molecular weight is 394 g/mol. The standard InChI is InChI=1S/C18H14N6O3S/c1-11-21-22-17-18(20-14-4-2-3-5-15(14)23(11)17)28-10-16(25)19-12-6-8-13(9-7-12)24(26)27/h2-9H,10H2,1H3,(H,19,25). The fraction of sp³-hybridized carbons (Fsp3) is 0.111. The van der Waals surface area contributed by atoms with E-state index in [1.54, 1.807) is 0 Å². The topological polar surface area (TPSA) is 115 Å². The number of carbonyl (C=O) groups excluding carboxylic acids is 1. The van der Waals surface area contributed by atoms with Crippen LogP contribution in [0.25, 0.3) is 16.7 Å². The van der Waals surface area contributed by atoms with Crippen LogP contribution < -0.4 is 5.32 Å². The van der Waals surface area contributed by atoms with Gasteiger partial charge in [0, 0.05) is 17.8 Å². The lowest BCUT2D eigenvalue weighted by atomic mass is 10.3. The van der Waals surface area contributed by atoms with Gasteiger partial charge in [-0.05, 0) is 31.2 Å². The molecular weight excluding hydrogens is 380 g/mol. The monoisotopic (exact) mass is 394 g/mol. The van der Waals surface area contributed by atoms with E-state index in [1.165, 1.54) is 36.0 Å². The zero-order valence-corrected chi connectivity index (χ0v) is 15.5. The van der Waals surface area contributed by atoms with E-state index in [2.05, 4.69) is 20.5 Å². The molecule has 0 atom stereocenters. The van der Waals surface area contributed by atoms with Gasteiger partial charge in [-0.15, -0.1) is 10.2 Å². The summed E-state index contributed by atoms with van der Waals surface area (Å²) in [6.45, 7) is 1.86. The van der Waals surface area contributed by atoms with Crippen molar-refractivity contribution in [1.82, 2.24) is 19.6 Å². The van der Waals surface area contributed by atoms with Gasteiger partial charge in [-0.1, -0.05) is 23.9 Å². The van der Waals surface area contributed by atoms with E-state index in [-0.39, 0.29) is 17.3 Å². The first-order valence-electron chi connectivity index (χ1n) is 8.30. The van der Waals surface area contributed by atoms with Crippen LogP contribution in [-0.2, 0) is 4.79 Å². The van der Waals surface area contributed by atoms with Gasteiger partial charge in [0.2, 0.25) is 5.91 Å². The van der Waals surface area contributed by atoms with Crippen molar-refractivity contribution in [3.8, 4) is 0 Å². The molecule has 10 heteroatoms. The molecule has 0 bridgehead atoms. The van der Waals surface area contributed by atoms with E-state index in [1.807, 2.05) is 35.6 Å². The Labute approximate surface area is 162 Å².